The smallest absolute Gasteiger partial charge is 0.437 e. The average Bonchev–Trinajstić information content (AvgIpc) is 3.00. The summed E-state index contributed by atoms with van der Waals surface area (Å²) in [5.74, 6) is 0.770. The van der Waals surface area contributed by atoms with Crippen molar-refractivity contribution in [1.29, 1.82) is 0 Å². The maximum atomic E-state index is 12.0. The van der Waals surface area contributed by atoms with E-state index in [2.05, 4.69) is 9.97 Å². The van der Waals surface area contributed by atoms with Gasteiger partial charge in [-0.1, -0.05) is 6.07 Å². The first kappa shape index (κ1) is 17.5. The Morgan fingerprint density at radius 1 is 1.36 bits per heavy atom. The van der Waals surface area contributed by atoms with Crippen molar-refractivity contribution in [2.24, 2.45) is 0 Å². The summed E-state index contributed by atoms with van der Waals surface area (Å²) in [4.78, 5) is 20.2. The highest BCUT2D eigenvalue weighted by atomic mass is 16.5. The zero-order valence-corrected chi connectivity index (χ0v) is 14.2. The summed E-state index contributed by atoms with van der Waals surface area (Å²) in [7, 11) is 0.666. The van der Waals surface area contributed by atoms with Crippen molar-refractivity contribution in [3.05, 3.63) is 41.3 Å². The third-order valence-electron chi connectivity index (χ3n) is 4.08. The minimum atomic E-state index is -0.934. The molecule has 0 atom stereocenters. The second kappa shape index (κ2) is 7.73. The van der Waals surface area contributed by atoms with Crippen LogP contribution in [0, 0.1) is 6.92 Å². The Kier molecular flexibility index (Phi) is 5.42. The van der Waals surface area contributed by atoms with Crippen LogP contribution in [0.15, 0.2) is 24.5 Å². The Morgan fingerprint density at radius 2 is 2.20 bits per heavy atom. The maximum Gasteiger partial charge on any atom is 0.492 e. The second-order valence-electron chi connectivity index (χ2n) is 5.79. The van der Waals surface area contributed by atoms with Crippen molar-refractivity contribution in [2.45, 2.75) is 26.4 Å². The summed E-state index contributed by atoms with van der Waals surface area (Å²) in [6.45, 7) is 2.78. The van der Waals surface area contributed by atoms with Gasteiger partial charge in [-0.05, 0) is 36.0 Å². The zero-order chi connectivity index (χ0) is 17.8. The molecule has 0 radical (unpaired) electrons. The van der Waals surface area contributed by atoms with Crippen LogP contribution in [-0.2, 0) is 16.0 Å². The molecule has 0 fully saturated rings. The number of hydrogen-bond acceptors (Lipinski definition) is 7. The van der Waals surface area contributed by atoms with Gasteiger partial charge in [-0.2, -0.15) is 0 Å². The van der Waals surface area contributed by atoms with E-state index in [1.54, 1.807) is 13.2 Å². The molecule has 1 aromatic heterocycles. The van der Waals surface area contributed by atoms with Crippen molar-refractivity contribution in [3.8, 4) is 11.6 Å². The van der Waals surface area contributed by atoms with Crippen molar-refractivity contribution in [3.63, 3.8) is 0 Å². The standard InChI is InChI=1S/C17H19BN2O5/c1-11-15(6-5-12-10-24-18(22)17(11)12)25-16-9-19-13(8-20-16)14(21)4-3-7-23-2/h5-6,8-9,22H,3-4,7,10H2,1-2H3. The van der Waals surface area contributed by atoms with Gasteiger partial charge in [0, 0.05) is 20.1 Å². The van der Waals surface area contributed by atoms with E-state index in [1.807, 2.05) is 13.0 Å². The number of aromatic nitrogens is 2. The molecule has 2 heterocycles. The van der Waals surface area contributed by atoms with Gasteiger partial charge in [0.15, 0.2) is 5.78 Å². The van der Waals surface area contributed by atoms with Crippen LogP contribution in [0.2, 0.25) is 0 Å². The average molecular weight is 342 g/mol. The third kappa shape index (κ3) is 3.87. The first-order valence-corrected chi connectivity index (χ1v) is 8.04. The lowest BCUT2D eigenvalue weighted by Gasteiger charge is -2.11. The molecule has 1 aromatic carbocycles. The molecule has 7 nitrogen and oxygen atoms in total. The highest BCUT2D eigenvalue weighted by Gasteiger charge is 2.30. The lowest BCUT2D eigenvalue weighted by atomic mass is 9.76. The van der Waals surface area contributed by atoms with Gasteiger partial charge in [0.1, 0.15) is 11.4 Å². The van der Waals surface area contributed by atoms with E-state index >= 15 is 0 Å². The molecule has 130 valence electrons. The minimum Gasteiger partial charge on any atom is -0.437 e. The topological polar surface area (TPSA) is 90.8 Å². The number of rotatable bonds is 7. The number of nitrogens with zero attached hydrogens (tertiary/aromatic N) is 2. The lowest BCUT2D eigenvalue weighted by Crippen LogP contribution is -2.30. The first-order valence-electron chi connectivity index (χ1n) is 8.04. The van der Waals surface area contributed by atoms with Crippen molar-refractivity contribution >= 4 is 18.4 Å². The molecular formula is C17H19BN2O5. The number of Topliss-reactive ketones (excluding diaryl/α,β-unsaturated/α-hetero) is 1. The van der Waals surface area contributed by atoms with Crippen LogP contribution in [0.5, 0.6) is 11.6 Å². The minimum absolute atomic E-state index is 0.0786. The number of fused-ring (bicyclic) bond motifs is 1. The molecule has 0 unspecified atom stereocenters. The van der Waals surface area contributed by atoms with E-state index in [0.717, 1.165) is 16.6 Å². The van der Waals surface area contributed by atoms with Crippen LogP contribution < -0.4 is 10.2 Å². The summed E-state index contributed by atoms with van der Waals surface area (Å²) in [6, 6.07) is 3.66. The van der Waals surface area contributed by atoms with Crippen molar-refractivity contribution in [1.82, 2.24) is 9.97 Å². The summed E-state index contributed by atoms with van der Waals surface area (Å²) in [6.07, 6.45) is 3.84. The van der Waals surface area contributed by atoms with Crippen molar-refractivity contribution < 1.29 is 23.9 Å². The van der Waals surface area contributed by atoms with Gasteiger partial charge in [-0.25, -0.2) is 9.97 Å². The fourth-order valence-corrected chi connectivity index (χ4v) is 2.73. The van der Waals surface area contributed by atoms with Gasteiger partial charge in [0.25, 0.3) is 0 Å². The number of hydrogen-bond donors (Lipinski definition) is 1. The van der Waals surface area contributed by atoms with Crippen LogP contribution in [0.25, 0.3) is 0 Å². The summed E-state index contributed by atoms with van der Waals surface area (Å²) >= 11 is 0. The fraction of sp³-hybridized carbons (Fsp3) is 0.353. The van der Waals surface area contributed by atoms with Gasteiger partial charge >= 0.3 is 7.12 Å². The SMILES string of the molecule is COCCCC(=O)c1cnc(Oc2ccc3c(c2C)B(O)OC3)cn1. The quantitative estimate of drug-likeness (QED) is 0.462. The zero-order valence-electron chi connectivity index (χ0n) is 14.2. The highest BCUT2D eigenvalue weighted by Crippen LogP contribution is 2.25. The molecule has 0 bridgehead atoms. The molecule has 1 N–H and O–H groups in total. The summed E-state index contributed by atoms with van der Waals surface area (Å²) in [5, 5.41) is 9.89. The molecular weight excluding hydrogens is 323 g/mol. The van der Waals surface area contributed by atoms with Crippen LogP contribution in [0.3, 0.4) is 0 Å². The van der Waals surface area contributed by atoms with Crippen LogP contribution in [-0.4, -0.2) is 41.6 Å². The molecule has 3 rings (SSSR count). The van der Waals surface area contributed by atoms with E-state index in [0.29, 0.717) is 37.5 Å². The molecule has 2 aromatic rings. The second-order valence-corrected chi connectivity index (χ2v) is 5.79. The normalized spacial score (nSPS) is 13.0. The highest BCUT2D eigenvalue weighted by molar-refractivity contribution is 6.62. The predicted octanol–water partition coefficient (Wildman–Crippen LogP) is 1.40. The molecule has 0 saturated carbocycles. The van der Waals surface area contributed by atoms with Crippen LogP contribution >= 0.6 is 0 Å². The third-order valence-corrected chi connectivity index (χ3v) is 4.08. The van der Waals surface area contributed by atoms with E-state index in [9.17, 15) is 9.82 Å². The Bertz CT molecular complexity index is 766. The fourth-order valence-electron chi connectivity index (χ4n) is 2.73. The molecule has 0 spiro atoms. The molecule has 1 aliphatic heterocycles. The van der Waals surface area contributed by atoms with Gasteiger partial charge in [-0.15, -0.1) is 0 Å². The predicted molar refractivity (Wildman–Crippen MR) is 91.1 cm³/mol. The first-order chi connectivity index (χ1) is 12.1. The molecule has 0 aliphatic carbocycles. The van der Waals surface area contributed by atoms with E-state index in [1.165, 1.54) is 12.4 Å². The van der Waals surface area contributed by atoms with E-state index < -0.39 is 7.12 Å². The Balaban J connectivity index is 1.70. The van der Waals surface area contributed by atoms with Crippen molar-refractivity contribution in [2.75, 3.05) is 13.7 Å². The molecule has 0 saturated heterocycles. The van der Waals surface area contributed by atoms with E-state index in [4.69, 9.17) is 14.1 Å². The number of benzene rings is 1. The summed E-state index contributed by atoms with van der Waals surface area (Å²) in [5.41, 5.74) is 2.78. The van der Waals surface area contributed by atoms with Gasteiger partial charge in [-0.3, -0.25) is 4.79 Å². The Hall–Kier alpha value is -2.29. The lowest BCUT2D eigenvalue weighted by molar-refractivity contribution is 0.0958. The maximum absolute atomic E-state index is 12.0. The largest absolute Gasteiger partial charge is 0.492 e. The van der Waals surface area contributed by atoms with E-state index in [-0.39, 0.29) is 11.7 Å². The monoisotopic (exact) mass is 342 g/mol. The van der Waals surface area contributed by atoms with Gasteiger partial charge < -0.3 is 19.2 Å². The number of ether oxygens (including phenoxy) is 2. The Labute approximate surface area is 146 Å². The summed E-state index contributed by atoms with van der Waals surface area (Å²) < 4.78 is 15.9. The molecule has 0 amide bonds. The Morgan fingerprint density at radius 3 is 2.92 bits per heavy atom. The van der Waals surface area contributed by atoms with Gasteiger partial charge in [0.05, 0.1) is 19.0 Å². The van der Waals surface area contributed by atoms with Gasteiger partial charge in [0.2, 0.25) is 5.88 Å². The molecule has 1 aliphatic rings. The molecule has 25 heavy (non-hydrogen) atoms. The number of carbonyl (C=O) groups is 1. The number of methoxy groups -OCH3 is 1. The number of carbonyl (C=O) groups excluding carboxylic acids is 1. The molecule has 8 heteroatoms. The number of ketones is 1. The van der Waals surface area contributed by atoms with Crippen LogP contribution in [0.1, 0.15) is 34.5 Å². The van der Waals surface area contributed by atoms with Crippen LogP contribution in [0.4, 0.5) is 0 Å².